The second-order valence-electron chi connectivity index (χ2n) is 7.07. The van der Waals surface area contributed by atoms with Crippen LogP contribution >= 0.6 is 11.3 Å². The Kier molecular flexibility index (Phi) is 4.73. The number of methoxy groups -OCH3 is 1. The minimum absolute atomic E-state index is 0.0281. The summed E-state index contributed by atoms with van der Waals surface area (Å²) in [5.74, 6) is -0.00539. The van der Waals surface area contributed by atoms with Gasteiger partial charge in [0.1, 0.15) is 27.4 Å². The van der Waals surface area contributed by atoms with Crippen LogP contribution in [0.3, 0.4) is 0 Å². The van der Waals surface area contributed by atoms with Gasteiger partial charge in [0.15, 0.2) is 11.5 Å². The van der Waals surface area contributed by atoms with Crippen LogP contribution in [0, 0.1) is 30.9 Å². The van der Waals surface area contributed by atoms with Gasteiger partial charge >= 0.3 is 11.7 Å². The maximum Gasteiger partial charge on any atom is 0.348 e. The van der Waals surface area contributed by atoms with Crippen molar-refractivity contribution in [3.63, 3.8) is 0 Å². The first-order chi connectivity index (χ1) is 14.2. The van der Waals surface area contributed by atoms with Gasteiger partial charge in [-0.15, -0.1) is 16.4 Å². The Balaban J connectivity index is 1.74. The Morgan fingerprint density at radius 2 is 2.07 bits per heavy atom. The second-order valence-corrected chi connectivity index (χ2v) is 8.07. The molecule has 4 aromatic rings. The van der Waals surface area contributed by atoms with E-state index in [1.54, 1.807) is 29.4 Å². The Morgan fingerprint density at radius 3 is 2.70 bits per heavy atom. The minimum Gasteiger partial charge on any atom is -0.465 e. The predicted molar refractivity (Wildman–Crippen MR) is 109 cm³/mol. The Morgan fingerprint density at radius 1 is 1.33 bits per heavy atom. The van der Waals surface area contributed by atoms with Crippen LogP contribution in [-0.2, 0) is 11.3 Å². The van der Waals surface area contributed by atoms with E-state index in [9.17, 15) is 14.9 Å². The topological polar surface area (TPSA) is 130 Å². The highest BCUT2D eigenvalue weighted by atomic mass is 32.1. The largest absolute Gasteiger partial charge is 0.465 e. The molecule has 0 aliphatic rings. The molecule has 12 heteroatoms. The first-order valence-corrected chi connectivity index (χ1v) is 9.95. The standard InChI is InChI=1S/C18H19N7O4S/c1-8(6-23-11(4)13(25(27)28)10(3)21-23)15-20-16-12-9(2)14(18(26)29-5)30-17(12)19-7-24(16)22-15/h7-8H,6H2,1-5H3. The highest BCUT2D eigenvalue weighted by Crippen LogP contribution is 2.32. The number of hydrogen-bond donors (Lipinski definition) is 0. The van der Waals surface area contributed by atoms with E-state index in [1.165, 1.54) is 18.4 Å². The van der Waals surface area contributed by atoms with Gasteiger partial charge in [-0.2, -0.15) is 5.10 Å². The third-order valence-electron chi connectivity index (χ3n) is 5.07. The van der Waals surface area contributed by atoms with Crippen LogP contribution in [0.2, 0.25) is 0 Å². The van der Waals surface area contributed by atoms with E-state index in [1.807, 2.05) is 13.8 Å². The molecule has 0 saturated heterocycles. The maximum absolute atomic E-state index is 12.0. The number of rotatable bonds is 5. The van der Waals surface area contributed by atoms with Gasteiger partial charge < -0.3 is 4.74 Å². The highest BCUT2D eigenvalue weighted by Gasteiger charge is 2.25. The molecule has 0 bridgehead atoms. The molecule has 4 rings (SSSR count). The lowest BCUT2D eigenvalue weighted by molar-refractivity contribution is -0.386. The third-order valence-corrected chi connectivity index (χ3v) is 6.25. The molecule has 1 unspecified atom stereocenters. The first kappa shape index (κ1) is 19.9. The molecule has 0 fully saturated rings. The molecule has 0 radical (unpaired) electrons. The normalized spacial score (nSPS) is 12.6. The summed E-state index contributed by atoms with van der Waals surface area (Å²) >= 11 is 1.26. The van der Waals surface area contributed by atoms with Crippen molar-refractivity contribution >= 4 is 38.9 Å². The Hall–Kier alpha value is -3.41. The molecule has 0 aliphatic heterocycles. The number of carbonyl (C=O) groups is 1. The summed E-state index contributed by atoms with van der Waals surface area (Å²) in [6, 6.07) is 0. The molecule has 156 valence electrons. The number of nitro groups is 1. The number of thiophene rings is 1. The minimum atomic E-state index is -0.414. The van der Waals surface area contributed by atoms with Gasteiger partial charge in [0.2, 0.25) is 0 Å². The van der Waals surface area contributed by atoms with Gasteiger partial charge in [-0.05, 0) is 26.3 Å². The van der Waals surface area contributed by atoms with E-state index in [0.29, 0.717) is 39.1 Å². The van der Waals surface area contributed by atoms with Crippen molar-refractivity contribution in [1.82, 2.24) is 29.4 Å². The molecule has 0 amide bonds. The molecule has 0 aromatic carbocycles. The number of hydrogen-bond acceptors (Lipinski definition) is 9. The Bertz CT molecular complexity index is 1320. The molecule has 1 atom stereocenters. The van der Waals surface area contributed by atoms with Crippen LogP contribution in [0.5, 0.6) is 0 Å². The van der Waals surface area contributed by atoms with E-state index in [2.05, 4.69) is 20.2 Å². The summed E-state index contributed by atoms with van der Waals surface area (Å²) in [6.07, 6.45) is 1.56. The van der Waals surface area contributed by atoms with Gasteiger partial charge in [-0.3, -0.25) is 14.8 Å². The van der Waals surface area contributed by atoms with Gasteiger partial charge in [0.05, 0.1) is 24.0 Å². The number of carbonyl (C=O) groups excluding carboxylic acids is 1. The first-order valence-electron chi connectivity index (χ1n) is 9.14. The van der Waals surface area contributed by atoms with Crippen molar-refractivity contribution < 1.29 is 14.5 Å². The van der Waals surface area contributed by atoms with Gasteiger partial charge in [-0.25, -0.2) is 19.3 Å². The third kappa shape index (κ3) is 3.00. The molecular weight excluding hydrogens is 410 g/mol. The summed E-state index contributed by atoms with van der Waals surface area (Å²) in [5.41, 5.74) is 2.25. The summed E-state index contributed by atoms with van der Waals surface area (Å²) in [7, 11) is 1.34. The van der Waals surface area contributed by atoms with Crippen molar-refractivity contribution in [2.75, 3.05) is 7.11 Å². The molecule has 4 heterocycles. The lowest BCUT2D eigenvalue weighted by atomic mass is 10.1. The van der Waals surface area contributed by atoms with Crippen LogP contribution in [0.4, 0.5) is 5.69 Å². The zero-order valence-electron chi connectivity index (χ0n) is 17.0. The fraction of sp³-hybridized carbons (Fsp3) is 0.389. The van der Waals surface area contributed by atoms with Gasteiger partial charge in [-0.1, -0.05) is 6.92 Å². The zero-order chi connectivity index (χ0) is 21.7. The van der Waals surface area contributed by atoms with E-state index in [4.69, 9.17) is 4.74 Å². The quantitative estimate of drug-likeness (QED) is 0.269. The van der Waals surface area contributed by atoms with E-state index < -0.39 is 10.9 Å². The molecule has 0 aliphatic carbocycles. The predicted octanol–water partition coefficient (Wildman–Crippen LogP) is 2.96. The second kappa shape index (κ2) is 7.13. The fourth-order valence-corrected chi connectivity index (χ4v) is 4.58. The summed E-state index contributed by atoms with van der Waals surface area (Å²) in [4.78, 5) is 33.1. The average molecular weight is 429 g/mol. The van der Waals surface area contributed by atoms with Crippen LogP contribution in [0.25, 0.3) is 15.9 Å². The molecule has 11 nitrogen and oxygen atoms in total. The monoisotopic (exact) mass is 429 g/mol. The number of aromatic nitrogens is 6. The van der Waals surface area contributed by atoms with Crippen molar-refractivity contribution in [2.24, 2.45) is 0 Å². The summed E-state index contributed by atoms with van der Waals surface area (Å²) in [5, 5.41) is 20.8. The number of aryl methyl sites for hydroxylation is 2. The smallest absolute Gasteiger partial charge is 0.348 e. The van der Waals surface area contributed by atoms with Crippen molar-refractivity contribution in [1.29, 1.82) is 0 Å². The number of nitrogens with zero attached hydrogens (tertiary/aromatic N) is 7. The highest BCUT2D eigenvalue weighted by molar-refractivity contribution is 7.20. The molecule has 4 aromatic heterocycles. The summed E-state index contributed by atoms with van der Waals surface area (Å²) < 4.78 is 8.05. The molecule has 30 heavy (non-hydrogen) atoms. The van der Waals surface area contributed by atoms with Gasteiger partial charge in [0.25, 0.3) is 0 Å². The van der Waals surface area contributed by atoms with Crippen LogP contribution in [0.1, 0.15) is 45.3 Å². The molecule has 0 N–H and O–H groups in total. The van der Waals surface area contributed by atoms with Crippen molar-refractivity contribution in [3.8, 4) is 0 Å². The van der Waals surface area contributed by atoms with E-state index in [0.717, 1.165) is 10.9 Å². The Labute approximate surface area is 174 Å². The fourth-order valence-electron chi connectivity index (χ4n) is 3.52. The van der Waals surface area contributed by atoms with Crippen LogP contribution in [-0.4, -0.2) is 47.4 Å². The maximum atomic E-state index is 12.0. The van der Waals surface area contributed by atoms with E-state index in [-0.39, 0.29) is 11.6 Å². The zero-order valence-corrected chi connectivity index (χ0v) is 17.9. The van der Waals surface area contributed by atoms with E-state index >= 15 is 0 Å². The van der Waals surface area contributed by atoms with Crippen molar-refractivity contribution in [3.05, 3.63) is 44.1 Å². The van der Waals surface area contributed by atoms with Crippen LogP contribution in [0.15, 0.2) is 6.33 Å². The molecule has 0 spiro atoms. The molecular formula is C18H19N7O4S. The number of ether oxygens (including phenoxy) is 1. The van der Waals surface area contributed by atoms with Crippen LogP contribution < -0.4 is 0 Å². The average Bonchev–Trinajstić information content (AvgIpc) is 3.35. The number of fused-ring (bicyclic) bond motifs is 3. The number of esters is 1. The lowest BCUT2D eigenvalue weighted by Crippen LogP contribution is -2.11. The SMILES string of the molecule is COC(=O)c1sc2ncn3nc(C(C)Cn4nc(C)c([N+](=O)[O-])c4C)nc3c2c1C. The van der Waals surface area contributed by atoms with Crippen molar-refractivity contribution in [2.45, 2.75) is 40.2 Å². The molecule has 0 saturated carbocycles. The van der Waals surface area contributed by atoms with Gasteiger partial charge in [0, 0.05) is 5.92 Å². The summed E-state index contributed by atoms with van der Waals surface area (Å²) in [6.45, 7) is 7.46. The lowest BCUT2D eigenvalue weighted by Gasteiger charge is -2.08.